The molecule has 3 rings (SSSR count). The zero-order valence-electron chi connectivity index (χ0n) is 12.1. The Hall–Kier alpha value is -0.980. The van der Waals surface area contributed by atoms with E-state index in [1.807, 2.05) is 0 Å². The van der Waals surface area contributed by atoms with E-state index in [0.29, 0.717) is 24.9 Å². The first kappa shape index (κ1) is 14.0. The topological polar surface area (TPSA) is 83.4 Å². The molecule has 0 atom stereocenters. The number of nitrogens with zero attached hydrogens (tertiary/aromatic N) is 2. The van der Waals surface area contributed by atoms with Gasteiger partial charge in [0.1, 0.15) is 5.60 Å². The van der Waals surface area contributed by atoms with Gasteiger partial charge in [-0.3, -0.25) is 0 Å². The summed E-state index contributed by atoms with van der Waals surface area (Å²) in [5.41, 5.74) is 5.51. The number of ether oxygens (including phenoxy) is 2. The third kappa shape index (κ3) is 2.36. The van der Waals surface area contributed by atoms with Gasteiger partial charge in [0.05, 0.1) is 5.54 Å². The molecule has 0 aromatic carbocycles. The van der Waals surface area contributed by atoms with Crippen LogP contribution in [0.2, 0.25) is 0 Å². The van der Waals surface area contributed by atoms with Crippen molar-refractivity contribution in [2.75, 3.05) is 20.3 Å². The van der Waals surface area contributed by atoms with Crippen molar-refractivity contribution < 1.29 is 14.0 Å². The van der Waals surface area contributed by atoms with Crippen molar-refractivity contribution in [3.63, 3.8) is 0 Å². The highest BCUT2D eigenvalue weighted by Crippen LogP contribution is 2.37. The van der Waals surface area contributed by atoms with Gasteiger partial charge in [-0.05, 0) is 12.8 Å². The summed E-state index contributed by atoms with van der Waals surface area (Å²) in [5.74, 6) is 1.18. The summed E-state index contributed by atoms with van der Waals surface area (Å²) in [7, 11) is 1.69. The van der Waals surface area contributed by atoms with Crippen LogP contribution in [0.3, 0.4) is 0 Å². The molecule has 2 fully saturated rings. The molecule has 6 heteroatoms. The molecule has 0 unspecified atom stereocenters. The van der Waals surface area contributed by atoms with Crippen molar-refractivity contribution in [1.82, 2.24) is 10.1 Å². The van der Waals surface area contributed by atoms with E-state index in [1.54, 1.807) is 7.11 Å². The molecule has 1 aromatic heterocycles. The van der Waals surface area contributed by atoms with Crippen LogP contribution in [0.5, 0.6) is 0 Å². The molecule has 1 saturated carbocycles. The lowest BCUT2D eigenvalue weighted by Gasteiger charge is -2.33. The molecule has 20 heavy (non-hydrogen) atoms. The maximum atomic E-state index is 6.45. The summed E-state index contributed by atoms with van der Waals surface area (Å²) in [6.07, 6.45) is 6.81. The number of aromatic nitrogens is 2. The Bertz CT molecular complexity index is 448. The van der Waals surface area contributed by atoms with Gasteiger partial charge in [0.15, 0.2) is 0 Å². The monoisotopic (exact) mass is 281 g/mol. The Kier molecular flexibility index (Phi) is 3.79. The average molecular weight is 281 g/mol. The molecule has 6 nitrogen and oxygen atoms in total. The second-order valence-electron chi connectivity index (χ2n) is 5.95. The molecule has 2 heterocycles. The average Bonchev–Trinajstić information content (AvgIpc) is 3.00. The molecule has 2 N–H and O–H groups in total. The number of methoxy groups -OCH3 is 1. The highest BCUT2D eigenvalue weighted by Gasteiger charge is 2.42. The van der Waals surface area contributed by atoms with Crippen LogP contribution in [0.15, 0.2) is 4.52 Å². The van der Waals surface area contributed by atoms with Gasteiger partial charge in [0, 0.05) is 33.2 Å². The standard InChI is InChI=1S/C14H23N3O3/c1-18-14(7-9-19-10-8-14)11-16-12(20-17-11)13(15)5-3-2-4-6-13/h2-10,15H2,1H3. The Morgan fingerprint density at radius 2 is 1.80 bits per heavy atom. The molecule has 1 aromatic rings. The zero-order valence-corrected chi connectivity index (χ0v) is 12.1. The highest BCUT2D eigenvalue weighted by atomic mass is 16.5. The molecule has 0 spiro atoms. The van der Waals surface area contributed by atoms with Gasteiger partial charge < -0.3 is 19.7 Å². The van der Waals surface area contributed by atoms with Gasteiger partial charge in [0.2, 0.25) is 11.7 Å². The Balaban J connectivity index is 1.85. The van der Waals surface area contributed by atoms with E-state index >= 15 is 0 Å². The van der Waals surface area contributed by atoms with E-state index in [9.17, 15) is 0 Å². The summed E-state index contributed by atoms with van der Waals surface area (Å²) in [6, 6.07) is 0. The minimum Gasteiger partial charge on any atom is -0.381 e. The molecule has 2 aliphatic rings. The molecule has 0 bridgehead atoms. The first-order valence-electron chi connectivity index (χ1n) is 7.45. The van der Waals surface area contributed by atoms with Crippen LogP contribution in [-0.4, -0.2) is 30.5 Å². The van der Waals surface area contributed by atoms with Gasteiger partial charge in [-0.2, -0.15) is 4.98 Å². The van der Waals surface area contributed by atoms with Gasteiger partial charge in [-0.15, -0.1) is 0 Å². The summed E-state index contributed by atoms with van der Waals surface area (Å²) in [5, 5.41) is 4.16. The summed E-state index contributed by atoms with van der Waals surface area (Å²) >= 11 is 0. The first-order chi connectivity index (χ1) is 9.69. The largest absolute Gasteiger partial charge is 0.381 e. The lowest BCUT2D eigenvalue weighted by atomic mass is 9.82. The Morgan fingerprint density at radius 1 is 1.10 bits per heavy atom. The quantitative estimate of drug-likeness (QED) is 0.910. The van der Waals surface area contributed by atoms with E-state index in [-0.39, 0.29) is 0 Å². The van der Waals surface area contributed by atoms with Crippen molar-refractivity contribution in [2.45, 2.75) is 56.1 Å². The fourth-order valence-electron chi connectivity index (χ4n) is 3.23. The van der Waals surface area contributed by atoms with Crippen LogP contribution in [0.4, 0.5) is 0 Å². The highest BCUT2D eigenvalue weighted by molar-refractivity contribution is 5.09. The van der Waals surface area contributed by atoms with Crippen molar-refractivity contribution in [3.8, 4) is 0 Å². The minimum atomic E-state index is -0.481. The maximum absolute atomic E-state index is 6.45. The van der Waals surface area contributed by atoms with Crippen LogP contribution in [-0.2, 0) is 20.6 Å². The molecular formula is C14H23N3O3. The Labute approximate surface area is 119 Å². The smallest absolute Gasteiger partial charge is 0.246 e. The maximum Gasteiger partial charge on any atom is 0.246 e. The Morgan fingerprint density at radius 3 is 2.45 bits per heavy atom. The molecule has 1 aliphatic heterocycles. The van der Waals surface area contributed by atoms with Crippen molar-refractivity contribution in [2.24, 2.45) is 5.73 Å². The molecule has 0 amide bonds. The molecule has 0 radical (unpaired) electrons. The van der Waals surface area contributed by atoms with Crippen molar-refractivity contribution >= 4 is 0 Å². The van der Waals surface area contributed by atoms with E-state index in [4.69, 9.17) is 19.7 Å². The lowest BCUT2D eigenvalue weighted by Crippen LogP contribution is -2.40. The van der Waals surface area contributed by atoms with Crippen molar-refractivity contribution in [3.05, 3.63) is 11.7 Å². The van der Waals surface area contributed by atoms with Crippen LogP contribution in [0.1, 0.15) is 56.7 Å². The number of rotatable bonds is 3. The van der Waals surface area contributed by atoms with E-state index in [1.165, 1.54) is 6.42 Å². The fourth-order valence-corrected chi connectivity index (χ4v) is 3.23. The molecule has 112 valence electrons. The summed E-state index contributed by atoms with van der Waals surface area (Å²) in [6.45, 7) is 1.32. The van der Waals surface area contributed by atoms with Crippen LogP contribution in [0.25, 0.3) is 0 Å². The second-order valence-corrected chi connectivity index (χ2v) is 5.95. The predicted molar refractivity (Wildman–Crippen MR) is 72.0 cm³/mol. The third-order valence-electron chi connectivity index (χ3n) is 4.70. The van der Waals surface area contributed by atoms with Gasteiger partial charge in [-0.1, -0.05) is 24.4 Å². The number of hydrogen-bond donors (Lipinski definition) is 1. The lowest BCUT2D eigenvalue weighted by molar-refractivity contribution is -0.101. The van der Waals surface area contributed by atoms with Crippen LogP contribution < -0.4 is 5.73 Å². The number of nitrogens with two attached hydrogens (primary N) is 1. The van der Waals surface area contributed by atoms with Crippen LogP contribution >= 0.6 is 0 Å². The van der Waals surface area contributed by atoms with Gasteiger partial charge in [0.25, 0.3) is 0 Å². The van der Waals surface area contributed by atoms with E-state index in [0.717, 1.165) is 38.5 Å². The number of hydrogen-bond acceptors (Lipinski definition) is 6. The molecule has 1 aliphatic carbocycles. The normalized spacial score (nSPS) is 25.5. The third-order valence-corrected chi connectivity index (χ3v) is 4.70. The van der Waals surface area contributed by atoms with Crippen molar-refractivity contribution in [1.29, 1.82) is 0 Å². The van der Waals surface area contributed by atoms with E-state index < -0.39 is 11.1 Å². The SMILES string of the molecule is COC1(c2noc(C3(N)CCCCC3)n2)CCOCC1. The minimum absolute atomic E-state index is 0.455. The van der Waals surface area contributed by atoms with Crippen LogP contribution in [0, 0.1) is 0 Å². The van der Waals surface area contributed by atoms with Gasteiger partial charge in [-0.25, -0.2) is 0 Å². The van der Waals surface area contributed by atoms with Gasteiger partial charge >= 0.3 is 0 Å². The summed E-state index contributed by atoms with van der Waals surface area (Å²) in [4.78, 5) is 4.59. The van der Waals surface area contributed by atoms with E-state index in [2.05, 4.69) is 10.1 Å². The second kappa shape index (κ2) is 5.42. The fraction of sp³-hybridized carbons (Fsp3) is 0.857. The zero-order chi connectivity index (χ0) is 14.1. The molecule has 1 saturated heterocycles. The summed E-state index contributed by atoms with van der Waals surface area (Å²) < 4.78 is 16.6. The first-order valence-corrected chi connectivity index (χ1v) is 7.45. The predicted octanol–water partition coefficient (Wildman–Crippen LogP) is 1.84. The molecular weight excluding hydrogens is 258 g/mol.